The Hall–Kier alpha value is -2.19. The van der Waals surface area contributed by atoms with E-state index in [1.165, 1.54) is 16.6 Å². The first-order valence-corrected chi connectivity index (χ1v) is 12.5. The molecule has 0 aliphatic carbocycles. The smallest absolute Gasteiger partial charge is 0.356 e. The van der Waals surface area contributed by atoms with Crippen molar-refractivity contribution in [1.82, 2.24) is 14.5 Å². The summed E-state index contributed by atoms with van der Waals surface area (Å²) in [6.07, 6.45) is 3.73. The first-order chi connectivity index (χ1) is 15.0. The molecule has 10 heteroatoms. The Labute approximate surface area is 189 Å². The van der Waals surface area contributed by atoms with E-state index in [1.807, 2.05) is 6.92 Å². The fourth-order valence-corrected chi connectivity index (χ4v) is 5.26. The number of nitrogens with zero attached hydrogens (tertiary/aromatic N) is 4. The van der Waals surface area contributed by atoms with Gasteiger partial charge in [0.2, 0.25) is 0 Å². The van der Waals surface area contributed by atoms with Crippen molar-refractivity contribution in [3.8, 4) is 5.69 Å². The van der Waals surface area contributed by atoms with Gasteiger partial charge < -0.3 is 19.3 Å². The van der Waals surface area contributed by atoms with Crippen molar-refractivity contribution < 1.29 is 18.9 Å². The third-order valence-electron chi connectivity index (χ3n) is 6.20. The summed E-state index contributed by atoms with van der Waals surface area (Å²) in [5.74, 6) is 1.78. The van der Waals surface area contributed by atoms with Gasteiger partial charge in [0.1, 0.15) is 19.5 Å². The van der Waals surface area contributed by atoms with Crippen LogP contribution in [0.2, 0.25) is 0 Å². The van der Waals surface area contributed by atoms with Crippen LogP contribution in [0.1, 0.15) is 35.4 Å². The van der Waals surface area contributed by atoms with E-state index >= 15 is 0 Å². The summed E-state index contributed by atoms with van der Waals surface area (Å²) in [5.41, 5.74) is 6.86. The number of phosphoric acid groups is 1. The van der Waals surface area contributed by atoms with Gasteiger partial charge in [0, 0.05) is 19.3 Å². The molecule has 0 radical (unpaired) electrons. The van der Waals surface area contributed by atoms with Gasteiger partial charge in [0.05, 0.1) is 17.7 Å². The molecule has 0 unspecified atom stereocenters. The Balaban J connectivity index is 1.69. The number of benzene rings is 1. The van der Waals surface area contributed by atoms with Crippen molar-refractivity contribution in [2.45, 2.75) is 40.5 Å². The lowest BCUT2D eigenvalue weighted by molar-refractivity contribution is 0.156. The summed E-state index contributed by atoms with van der Waals surface area (Å²) < 4.78 is 17.9. The number of rotatable bonds is 5. The molecule has 170 valence electrons. The zero-order valence-electron chi connectivity index (χ0n) is 19.3. The van der Waals surface area contributed by atoms with Crippen LogP contribution in [0.3, 0.4) is 0 Å². The second-order valence-corrected chi connectivity index (χ2v) is 10.2. The molecule has 2 aromatic heterocycles. The van der Waals surface area contributed by atoms with Gasteiger partial charge in [0.15, 0.2) is 5.65 Å². The van der Waals surface area contributed by atoms with E-state index in [9.17, 15) is 4.57 Å². The highest BCUT2D eigenvalue weighted by atomic mass is 31.2. The maximum atomic E-state index is 11.0. The van der Waals surface area contributed by atoms with Gasteiger partial charge in [-0.25, -0.2) is 14.5 Å². The van der Waals surface area contributed by atoms with Crippen LogP contribution in [0.25, 0.3) is 16.7 Å². The Kier molecular flexibility index (Phi) is 6.20. The molecule has 3 heterocycles. The average molecular weight is 456 g/mol. The lowest BCUT2D eigenvalue weighted by Gasteiger charge is -2.33. The Bertz CT molecular complexity index is 1190. The van der Waals surface area contributed by atoms with E-state index in [0.717, 1.165) is 59.9 Å². The van der Waals surface area contributed by atoms with Gasteiger partial charge in [-0.15, -0.1) is 0 Å². The zero-order chi connectivity index (χ0) is 23.2. The van der Waals surface area contributed by atoms with E-state index in [2.05, 4.69) is 56.4 Å². The molecule has 1 aliphatic rings. The fourth-order valence-electron chi connectivity index (χ4n) is 4.86. The summed E-state index contributed by atoms with van der Waals surface area (Å²) in [5, 5.41) is 1.06. The van der Waals surface area contributed by atoms with E-state index < -0.39 is 7.82 Å². The maximum Gasteiger partial charge on any atom is 0.469 e. The minimum Gasteiger partial charge on any atom is -0.356 e. The quantitative estimate of drug-likeness (QED) is 0.449. The predicted molar refractivity (Wildman–Crippen MR) is 129 cm³/mol. The highest BCUT2D eigenvalue weighted by molar-refractivity contribution is 7.46. The molecule has 1 aliphatic heterocycles. The molecule has 0 saturated carbocycles. The van der Waals surface area contributed by atoms with Crippen LogP contribution in [-0.2, 0) is 9.09 Å². The van der Waals surface area contributed by atoms with Crippen molar-refractivity contribution in [3.63, 3.8) is 0 Å². The number of fused-ring (bicyclic) bond motifs is 1. The van der Waals surface area contributed by atoms with Crippen LogP contribution in [0.4, 0.5) is 5.82 Å². The number of phosphoric ester groups is 1. The molecule has 1 fully saturated rings. The number of aryl methyl sites for hydroxylation is 4. The molecule has 1 saturated heterocycles. The van der Waals surface area contributed by atoms with E-state index in [-0.39, 0.29) is 12.5 Å². The first kappa shape index (κ1) is 23.0. The maximum absolute atomic E-state index is 11.0. The molecule has 0 bridgehead atoms. The molecule has 32 heavy (non-hydrogen) atoms. The first-order valence-electron chi connectivity index (χ1n) is 10.9. The van der Waals surface area contributed by atoms with E-state index in [0.29, 0.717) is 0 Å². The van der Waals surface area contributed by atoms with Crippen molar-refractivity contribution >= 4 is 38.0 Å². The highest BCUT2D eigenvalue weighted by Crippen LogP contribution is 2.38. The topological polar surface area (TPSA) is 101 Å². The highest BCUT2D eigenvalue weighted by Gasteiger charge is 2.26. The molecule has 0 amide bonds. The van der Waals surface area contributed by atoms with E-state index in [1.54, 1.807) is 0 Å². The summed E-state index contributed by atoms with van der Waals surface area (Å²) in [6, 6.07) is 4.39. The number of hydrogen-bond acceptors (Lipinski definition) is 5. The van der Waals surface area contributed by atoms with Gasteiger partial charge in [-0.05, 0) is 63.1 Å². The number of aromatic nitrogens is 3. The van der Waals surface area contributed by atoms with Crippen LogP contribution in [0.15, 0.2) is 18.3 Å². The van der Waals surface area contributed by atoms with Gasteiger partial charge in [-0.1, -0.05) is 17.6 Å². The third-order valence-corrected chi connectivity index (χ3v) is 6.68. The van der Waals surface area contributed by atoms with Crippen LogP contribution in [0, 0.1) is 33.6 Å². The largest absolute Gasteiger partial charge is 0.469 e. The SMILES string of the molecule is Bc1cc(C)c(-n2cc(C)c3c(N4CCC(COP(=O)(O)O)CC4)nc(C)nc32)c(C)c1. The summed E-state index contributed by atoms with van der Waals surface area (Å²) in [4.78, 5) is 29.8. The normalized spacial score (nSPS) is 15.6. The van der Waals surface area contributed by atoms with Crippen LogP contribution in [-0.4, -0.2) is 51.9 Å². The molecule has 0 spiro atoms. The minimum absolute atomic E-state index is 0.0811. The second-order valence-electron chi connectivity index (χ2n) is 8.94. The van der Waals surface area contributed by atoms with Gasteiger partial charge in [0.25, 0.3) is 0 Å². The third kappa shape index (κ3) is 4.62. The van der Waals surface area contributed by atoms with Crippen LogP contribution in [0.5, 0.6) is 0 Å². The zero-order valence-corrected chi connectivity index (χ0v) is 20.2. The molecule has 4 rings (SSSR count). The number of hydrogen-bond donors (Lipinski definition) is 2. The van der Waals surface area contributed by atoms with Crippen molar-refractivity contribution in [1.29, 1.82) is 0 Å². The summed E-state index contributed by atoms with van der Waals surface area (Å²) in [6.45, 7) is 9.89. The number of piperidine rings is 1. The Morgan fingerprint density at radius 2 is 1.72 bits per heavy atom. The molecule has 2 N–H and O–H groups in total. The lowest BCUT2D eigenvalue weighted by Crippen LogP contribution is -2.35. The van der Waals surface area contributed by atoms with Crippen molar-refractivity contribution in [2.75, 3.05) is 24.6 Å². The second kappa shape index (κ2) is 8.63. The van der Waals surface area contributed by atoms with Gasteiger partial charge >= 0.3 is 7.82 Å². The van der Waals surface area contributed by atoms with Crippen molar-refractivity contribution in [3.05, 3.63) is 40.8 Å². The standard InChI is InChI=1S/C22H30BN4O4P/c1-13-9-18(23)10-14(2)20(13)27-11-15(3)19-21(24-16(4)25-22(19)27)26-7-5-17(6-8-26)12-31-32(28,29)30/h9-11,17H,5-8,12,23H2,1-4H3,(H2,28,29,30). The monoisotopic (exact) mass is 456 g/mol. The van der Waals surface area contributed by atoms with Crippen molar-refractivity contribution in [2.24, 2.45) is 5.92 Å². The predicted octanol–water partition coefficient (Wildman–Crippen LogP) is 2.24. The molecular formula is C22H30BN4O4P. The minimum atomic E-state index is -4.43. The molecular weight excluding hydrogens is 426 g/mol. The molecule has 8 nitrogen and oxygen atoms in total. The lowest BCUT2D eigenvalue weighted by atomic mass is 9.91. The average Bonchev–Trinajstić information content (AvgIpc) is 3.01. The van der Waals surface area contributed by atoms with Crippen LogP contribution >= 0.6 is 7.82 Å². The number of anilines is 1. The molecule has 3 aromatic rings. The molecule has 0 atom stereocenters. The fraction of sp³-hybridized carbons (Fsp3) is 0.455. The Morgan fingerprint density at radius 3 is 2.31 bits per heavy atom. The molecule has 1 aromatic carbocycles. The Morgan fingerprint density at radius 1 is 1.09 bits per heavy atom. The van der Waals surface area contributed by atoms with Gasteiger partial charge in [-0.3, -0.25) is 4.52 Å². The summed E-state index contributed by atoms with van der Waals surface area (Å²) in [7, 11) is -2.31. The van der Waals surface area contributed by atoms with Crippen LogP contribution < -0.4 is 10.4 Å². The van der Waals surface area contributed by atoms with E-state index in [4.69, 9.17) is 24.3 Å². The summed E-state index contributed by atoms with van der Waals surface area (Å²) >= 11 is 0. The van der Waals surface area contributed by atoms with Gasteiger partial charge in [-0.2, -0.15) is 0 Å².